The van der Waals surface area contributed by atoms with Gasteiger partial charge >= 0.3 is 0 Å². The van der Waals surface area contributed by atoms with Gasteiger partial charge in [-0.25, -0.2) is 9.97 Å². The topological polar surface area (TPSA) is 63.8 Å². The number of nitrogen functional groups attached to an aromatic ring is 1. The summed E-state index contributed by atoms with van der Waals surface area (Å²) in [7, 11) is 0. The second-order valence-electron chi connectivity index (χ2n) is 3.03. The van der Waals surface area contributed by atoms with E-state index in [-0.39, 0.29) is 5.82 Å². The third kappa shape index (κ3) is 2.35. The molecule has 3 N–H and O–H groups in total. The predicted octanol–water partition coefficient (Wildman–Crippen LogP) is 3.06. The molecule has 1 aromatic carbocycles. The zero-order chi connectivity index (χ0) is 11.5. The highest BCUT2D eigenvalue weighted by atomic mass is 127. The van der Waals surface area contributed by atoms with Gasteiger partial charge in [-0.3, -0.25) is 0 Å². The Kier molecular flexibility index (Phi) is 3.45. The monoisotopic (exact) mass is 346 g/mol. The van der Waals surface area contributed by atoms with Crippen molar-refractivity contribution in [3.8, 4) is 0 Å². The molecular weight excluding hydrogens is 338 g/mol. The molecular formula is C10H8ClIN4. The molecule has 0 aliphatic carbocycles. The molecule has 0 fully saturated rings. The van der Waals surface area contributed by atoms with Crippen molar-refractivity contribution in [3.63, 3.8) is 0 Å². The average Bonchev–Trinajstić information content (AvgIpc) is 2.28. The minimum Gasteiger partial charge on any atom is -0.382 e. The molecule has 16 heavy (non-hydrogen) atoms. The van der Waals surface area contributed by atoms with Crippen molar-refractivity contribution in [3.05, 3.63) is 39.2 Å². The molecule has 2 aromatic rings. The van der Waals surface area contributed by atoms with E-state index in [1.807, 2.05) is 24.3 Å². The van der Waals surface area contributed by atoms with Crippen molar-refractivity contribution in [2.45, 2.75) is 0 Å². The Balaban J connectivity index is 2.35. The minimum atomic E-state index is 0.269. The molecule has 0 aliphatic heterocycles. The van der Waals surface area contributed by atoms with Crippen molar-refractivity contribution in [1.82, 2.24) is 9.97 Å². The van der Waals surface area contributed by atoms with Crippen LogP contribution in [-0.2, 0) is 0 Å². The molecule has 0 unspecified atom stereocenters. The van der Waals surface area contributed by atoms with Gasteiger partial charge in [-0.15, -0.1) is 0 Å². The number of benzene rings is 1. The van der Waals surface area contributed by atoms with E-state index in [2.05, 4.69) is 37.9 Å². The van der Waals surface area contributed by atoms with Crippen molar-refractivity contribution in [2.24, 2.45) is 0 Å². The quantitative estimate of drug-likeness (QED) is 0.820. The molecule has 0 radical (unpaired) electrons. The Labute approximate surface area is 111 Å². The summed E-state index contributed by atoms with van der Waals surface area (Å²) in [6.45, 7) is 0. The molecule has 0 bridgehead atoms. The van der Waals surface area contributed by atoms with Gasteiger partial charge in [0, 0.05) is 3.57 Å². The highest BCUT2D eigenvalue weighted by Gasteiger charge is 2.07. The molecule has 82 valence electrons. The van der Waals surface area contributed by atoms with E-state index in [4.69, 9.17) is 17.3 Å². The molecule has 0 saturated carbocycles. The van der Waals surface area contributed by atoms with Crippen LogP contribution in [0.3, 0.4) is 0 Å². The number of anilines is 3. The number of hydrogen-bond acceptors (Lipinski definition) is 4. The fourth-order valence-corrected chi connectivity index (χ4v) is 1.83. The van der Waals surface area contributed by atoms with Crippen molar-refractivity contribution in [1.29, 1.82) is 0 Å². The Morgan fingerprint density at radius 1 is 1.25 bits per heavy atom. The Bertz CT molecular complexity index is 518. The number of nitrogens with two attached hydrogens (primary N) is 1. The van der Waals surface area contributed by atoms with Gasteiger partial charge in [-0.1, -0.05) is 23.7 Å². The van der Waals surface area contributed by atoms with Gasteiger partial charge in [0.05, 0.1) is 5.69 Å². The third-order valence-electron chi connectivity index (χ3n) is 1.94. The van der Waals surface area contributed by atoms with Crippen LogP contribution >= 0.6 is 34.2 Å². The highest BCUT2D eigenvalue weighted by molar-refractivity contribution is 14.1. The lowest BCUT2D eigenvalue weighted by atomic mass is 10.3. The summed E-state index contributed by atoms with van der Waals surface area (Å²) < 4.78 is 1.08. The standard InChI is InChI=1S/C10H8ClIN4/c11-8-9(13)14-5-15-10(8)16-7-4-2-1-3-6(7)12/h1-5H,(H3,13,14,15,16). The zero-order valence-electron chi connectivity index (χ0n) is 8.11. The molecule has 1 heterocycles. The lowest BCUT2D eigenvalue weighted by molar-refractivity contribution is 1.17. The number of nitrogens with zero attached hydrogens (tertiary/aromatic N) is 2. The smallest absolute Gasteiger partial charge is 0.154 e. The lowest BCUT2D eigenvalue weighted by Gasteiger charge is -2.09. The summed E-state index contributed by atoms with van der Waals surface area (Å²) >= 11 is 8.21. The number of rotatable bonds is 2. The molecule has 0 aliphatic rings. The Morgan fingerprint density at radius 2 is 2.00 bits per heavy atom. The first kappa shape index (κ1) is 11.4. The Morgan fingerprint density at radius 3 is 2.75 bits per heavy atom. The SMILES string of the molecule is Nc1ncnc(Nc2ccccc2I)c1Cl. The first-order valence-corrected chi connectivity index (χ1v) is 5.91. The van der Waals surface area contributed by atoms with Gasteiger partial charge in [0.15, 0.2) is 5.82 Å². The van der Waals surface area contributed by atoms with Crippen LogP contribution in [0.15, 0.2) is 30.6 Å². The minimum absolute atomic E-state index is 0.269. The maximum atomic E-state index is 5.98. The van der Waals surface area contributed by atoms with Gasteiger partial charge < -0.3 is 11.1 Å². The number of nitrogens with one attached hydrogen (secondary N) is 1. The molecule has 6 heteroatoms. The van der Waals surface area contributed by atoms with E-state index < -0.39 is 0 Å². The molecule has 0 atom stereocenters. The van der Waals surface area contributed by atoms with Gasteiger partial charge in [0.2, 0.25) is 0 Å². The summed E-state index contributed by atoms with van der Waals surface area (Å²) in [6, 6.07) is 7.82. The van der Waals surface area contributed by atoms with E-state index in [9.17, 15) is 0 Å². The summed E-state index contributed by atoms with van der Waals surface area (Å²) in [4.78, 5) is 7.83. The molecule has 1 aromatic heterocycles. The van der Waals surface area contributed by atoms with E-state index in [0.29, 0.717) is 10.8 Å². The van der Waals surface area contributed by atoms with Crippen LogP contribution in [0.5, 0.6) is 0 Å². The largest absolute Gasteiger partial charge is 0.382 e. The summed E-state index contributed by atoms with van der Waals surface area (Å²) in [6.07, 6.45) is 1.37. The van der Waals surface area contributed by atoms with E-state index in [0.717, 1.165) is 9.26 Å². The van der Waals surface area contributed by atoms with Crippen LogP contribution in [0.4, 0.5) is 17.3 Å². The second kappa shape index (κ2) is 4.84. The molecule has 2 rings (SSSR count). The highest BCUT2D eigenvalue weighted by Crippen LogP contribution is 2.28. The number of para-hydroxylation sites is 1. The third-order valence-corrected chi connectivity index (χ3v) is 3.26. The van der Waals surface area contributed by atoms with Crippen LogP contribution in [0.2, 0.25) is 5.02 Å². The predicted molar refractivity (Wildman–Crippen MR) is 73.9 cm³/mol. The molecule has 0 saturated heterocycles. The first-order valence-electron chi connectivity index (χ1n) is 4.46. The molecule has 4 nitrogen and oxygen atoms in total. The molecule has 0 spiro atoms. The van der Waals surface area contributed by atoms with Crippen molar-refractivity contribution in [2.75, 3.05) is 11.1 Å². The van der Waals surface area contributed by atoms with Gasteiger partial charge in [0.25, 0.3) is 0 Å². The van der Waals surface area contributed by atoms with Crippen LogP contribution in [0.25, 0.3) is 0 Å². The van der Waals surface area contributed by atoms with Crippen molar-refractivity contribution < 1.29 is 0 Å². The normalized spacial score (nSPS) is 10.1. The van der Waals surface area contributed by atoms with E-state index in [1.54, 1.807) is 0 Å². The summed E-state index contributed by atoms with van der Waals surface area (Å²) in [5.74, 6) is 0.781. The second-order valence-corrected chi connectivity index (χ2v) is 4.57. The van der Waals surface area contributed by atoms with E-state index >= 15 is 0 Å². The number of halogens is 2. The number of aromatic nitrogens is 2. The van der Waals surface area contributed by atoms with Gasteiger partial charge in [-0.2, -0.15) is 0 Å². The maximum absolute atomic E-state index is 5.98. The first-order chi connectivity index (χ1) is 7.68. The van der Waals surface area contributed by atoms with Crippen LogP contribution in [0, 0.1) is 3.57 Å². The fourth-order valence-electron chi connectivity index (χ4n) is 1.16. The fraction of sp³-hybridized carbons (Fsp3) is 0. The van der Waals surface area contributed by atoms with Crippen LogP contribution in [-0.4, -0.2) is 9.97 Å². The lowest BCUT2D eigenvalue weighted by Crippen LogP contribution is -2.00. The van der Waals surface area contributed by atoms with Gasteiger partial charge in [0.1, 0.15) is 17.2 Å². The summed E-state index contributed by atoms with van der Waals surface area (Å²) in [5.41, 5.74) is 6.52. The average molecular weight is 347 g/mol. The Hall–Kier alpha value is -1.08. The van der Waals surface area contributed by atoms with Crippen molar-refractivity contribution >= 4 is 51.5 Å². The molecule has 0 amide bonds. The van der Waals surface area contributed by atoms with Crippen LogP contribution in [0.1, 0.15) is 0 Å². The number of hydrogen-bond donors (Lipinski definition) is 2. The summed E-state index contributed by atoms with van der Waals surface area (Å²) in [5, 5.41) is 3.45. The van der Waals surface area contributed by atoms with Gasteiger partial charge in [-0.05, 0) is 34.7 Å². The zero-order valence-corrected chi connectivity index (χ0v) is 11.0. The van der Waals surface area contributed by atoms with E-state index in [1.165, 1.54) is 6.33 Å². The van der Waals surface area contributed by atoms with Crippen LogP contribution < -0.4 is 11.1 Å². The maximum Gasteiger partial charge on any atom is 0.154 e.